The Morgan fingerprint density at radius 1 is 1.04 bits per heavy atom. The van der Waals surface area contributed by atoms with Gasteiger partial charge in [-0.2, -0.15) is 0 Å². The van der Waals surface area contributed by atoms with Crippen molar-refractivity contribution in [2.24, 2.45) is 0 Å². The van der Waals surface area contributed by atoms with Crippen LogP contribution in [0.5, 0.6) is 11.5 Å². The second-order valence-corrected chi connectivity index (χ2v) is 6.10. The highest BCUT2D eigenvalue weighted by Gasteiger charge is 2.30. The van der Waals surface area contributed by atoms with Crippen LogP contribution in [0.2, 0.25) is 0 Å². The Morgan fingerprint density at radius 3 is 2.32 bits per heavy atom. The van der Waals surface area contributed by atoms with Crippen LogP contribution in [0.4, 0.5) is 0 Å². The van der Waals surface area contributed by atoms with E-state index in [0.717, 1.165) is 0 Å². The molecule has 10 nitrogen and oxygen atoms in total. The lowest BCUT2D eigenvalue weighted by Gasteiger charge is -2.10. The first-order chi connectivity index (χ1) is 13.2. The van der Waals surface area contributed by atoms with E-state index < -0.39 is 35.4 Å². The number of phenols is 2. The number of carboxylic acid groups (broad SMARTS) is 3. The van der Waals surface area contributed by atoms with Crippen LogP contribution in [0.3, 0.4) is 0 Å². The van der Waals surface area contributed by atoms with E-state index in [9.17, 15) is 29.7 Å². The van der Waals surface area contributed by atoms with E-state index in [4.69, 9.17) is 10.2 Å². The smallest absolute Gasteiger partial charge is 0.400 e. The van der Waals surface area contributed by atoms with Gasteiger partial charge in [0.2, 0.25) is 0 Å². The molecule has 0 fully saturated rings. The van der Waals surface area contributed by atoms with E-state index in [2.05, 4.69) is 4.99 Å². The number of hydrogen-bond acceptors (Lipinski definition) is 5. The maximum Gasteiger partial charge on any atom is 0.400 e. The van der Waals surface area contributed by atoms with E-state index in [1.165, 1.54) is 41.1 Å². The van der Waals surface area contributed by atoms with Gasteiger partial charge < -0.3 is 30.1 Å². The third kappa shape index (κ3) is 3.43. The fraction of sp³-hybridized carbons (Fsp3) is 0.111. The molecule has 0 radical (unpaired) electrons. The minimum absolute atomic E-state index is 0.0176. The number of aliphatic carboxylic acids is 2. The molecule has 0 amide bonds. The minimum atomic E-state index is -1.32. The Morgan fingerprint density at radius 2 is 1.71 bits per heavy atom. The molecule has 2 heterocycles. The van der Waals surface area contributed by atoms with Gasteiger partial charge in [-0.1, -0.05) is 0 Å². The van der Waals surface area contributed by atoms with Crippen LogP contribution >= 0.6 is 0 Å². The van der Waals surface area contributed by atoms with Crippen LogP contribution in [0.1, 0.15) is 16.9 Å². The summed E-state index contributed by atoms with van der Waals surface area (Å²) in [4.78, 5) is 36.4. The van der Waals surface area contributed by atoms with Gasteiger partial charge in [0.25, 0.3) is 11.8 Å². The van der Waals surface area contributed by atoms with Gasteiger partial charge in [0, 0.05) is 30.1 Å². The van der Waals surface area contributed by atoms with E-state index in [-0.39, 0.29) is 23.3 Å². The van der Waals surface area contributed by atoms with Gasteiger partial charge in [-0.15, -0.1) is 0 Å². The Kier molecular flexibility index (Phi) is 4.62. The van der Waals surface area contributed by atoms with Gasteiger partial charge in [0.05, 0.1) is 5.52 Å². The molecule has 1 aliphatic heterocycles. The average molecular weight is 387 g/mol. The van der Waals surface area contributed by atoms with E-state index in [1.807, 2.05) is 0 Å². The Hall–Kier alpha value is -4.08. The first-order valence-corrected chi connectivity index (χ1v) is 7.96. The van der Waals surface area contributed by atoms with Crippen LogP contribution in [0, 0.1) is 0 Å². The number of allylic oxidation sites excluding steroid dienone is 1. The summed E-state index contributed by atoms with van der Waals surface area (Å²) in [5.74, 6) is -4.66. The van der Waals surface area contributed by atoms with Crippen LogP contribution in [-0.2, 0) is 9.59 Å². The Bertz CT molecular complexity index is 1110. The molecule has 0 bridgehead atoms. The van der Waals surface area contributed by atoms with Crippen molar-refractivity contribution < 1.29 is 44.9 Å². The average Bonchev–Trinajstić information content (AvgIpc) is 2.97. The van der Waals surface area contributed by atoms with Crippen molar-refractivity contribution in [3.8, 4) is 11.5 Å². The number of aromatic carboxylic acids is 1. The molecule has 1 aromatic carbocycles. The SMILES string of the molecule is O=C(O)C1=[NH+]C(C(=O)O)CC(C=Cn2c(C(=O)O)cc3cc(O)c(O)cc32)=C1. The van der Waals surface area contributed by atoms with Crippen molar-refractivity contribution in [1.82, 2.24) is 4.57 Å². The molecular formula is C18H15N2O8+. The van der Waals surface area contributed by atoms with Gasteiger partial charge in [0.1, 0.15) is 5.69 Å². The fourth-order valence-corrected chi connectivity index (χ4v) is 2.90. The fourth-order valence-electron chi connectivity index (χ4n) is 2.90. The maximum absolute atomic E-state index is 11.5. The summed E-state index contributed by atoms with van der Waals surface area (Å²) in [6.45, 7) is 0. The Balaban J connectivity index is 2.07. The van der Waals surface area contributed by atoms with E-state index in [0.29, 0.717) is 11.0 Å². The molecule has 1 aromatic heterocycles. The lowest BCUT2D eigenvalue weighted by atomic mass is 10.0. The zero-order chi connectivity index (χ0) is 20.6. The second-order valence-electron chi connectivity index (χ2n) is 6.10. The van der Waals surface area contributed by atoms with Crippen LogP contribution in [0.15, 0.2) is 35.9 Å². The summed E-state index contributed by atoms with van der Waals surface area (Å²) >= 11 is 0. The number of fused-ring (bicyclic) bond motifs is 1. The van der Waals surface area contributed by atoms with Crippen molar-refractivity contribution in [3.63, 3.8) is 0 Å². The van der Waals surface area contributed by atoms with Gasteiger partial charge >= 0.3 is 17.9 Å². The van der Waals surface area contributed by atoms with Crippen molar-refractivity contribution in [3.05, 3.63) is 41.6 Å². The quantitative estimate of drug-likeness (QED) is 0.377. The third-order valence-corrected chi connectivity index (χ3v) is 4.22. The third-order valence-electron chi connectivity index (χ3n) is 4.22. The zero-order valence-electron chi connectivity index (χ0n) is 14.2. The van der Waals surface area contributed by atoms with Gasteiger partial charge in [0.15, 0.2) is 11.5 Å². The van der Waals surface area contributed by atoms with Crippen molar-refractivity contribution in [1.29, 1.82) is 0 Å². The number of nitrogens with one attached hydrogen (secondary N) is 1. The first kappa shape index (κ1) is 18.7. The molecule has 1 aliphatic rings. The molecule has 0 aliphatic carbocycles. The predicted molar refractivity (Wildman–Crippen MR) is 95.3 cm³/mol. The highest BCUT2D eigenvalue weighted by Crippen LogP contribution is 2.32. The monoisotopic (exact) mass is 387 g/mol. The summed E-state index contributed by atoms with van der Waals surface area (Å²) in [6.07, 6.45) is 3.97. The summed E-state index contributed by atoms with van der Waals surface area (Å²) < 4.78 is 1.23. The molecule has 0 saturated heterocycles. The topological polar surface area (TPSA) is 171 Å². The molecule has 0 spiro atoms. The summed E-state index contributed by atoms with van der Waals surface area (Å²) in [7, 11) is 0. The number of nitrogens with zero attached hydrogens (tertiary/aromatic N) is 1. The number of aromatic nitrogens is 1. The highest BCUT2D eigenvalue weighted by atomic mass is 16.4. The maximum atomic E-state index is 11.5. The molecule has 28 heavy (non-hydrogen) atoms. The summed E-state index contributed by atoms with van der Waals surface area (Å²) in [5.41, 5.74) is 0.181. The van der Waals surface area contributed by atoms with Crippen LogP contribution < -0.4 is 4.99 Å². The van der Waals surface area contributed by atoms with Gasteiger partial charge in [-0.05, 0) is 23.8 Å². The highest BCUT2D eigenvalue weighted by molar-refractivity contribution is 6.38. The molecule has 6 N–H and O–H groups in total. The minimum Gasteiger partial charge on any atom is -0.504 e. The summed E-state index contributed by atoms with van der Waals surface area (Å²) in [5, 5.41) is 47.4. The molecule has 1 atom stereocenters. The van der Waals surface area contributed by atoms with Crippen molar-refractivity contribution >= 4 is 40.7 Å². The molecule has 2 aromatic rings. The number of carboxylic acids is 3. The predicted octanol–water partition coefficient (Wildman–Crippen LogP) is -0.389. The van der Waals surface area contributed by atoms with Crippen LogP contribution in [-0.4, -0.2) is 59.8 Å². The first-order valence-electron chi connectivity index (χ1n) is 7.96. The normalized spacial score (nSPS) is 16.8. The van der Waals surface area contributed by atoms with E-state index >= 15 is 0 Å². The standard InChI is InChI=1S/C18H14N2O8/c21-14-6-9-5-13(18(27)28)20(12(9)7-15(14)22)2-1-8-3-10(16(23)24)19-11(4-8)17(25)26/h1-3,5-7,11,21-22H,4H2,(H,23,24)(H,25,26)(H,27,28)/p+1. The number of aromatic hydroxyl groups is 2. The van der Waals surface area contributed by atoms with Crippen molar-refractivity contribution in [2.45, 2.75) is 12.5 Å². The molecule has 3 rings (SSSR count). The molecule has 1 unspecified atom stereocenters. The molecule has 0 saturated carbocycles. The largest absolute Gasteiger partial charge is 0.504 e. The number of hydrogen-bond donors (Lipinski definition) is 6. The number of phenolic OH excluding ortho intramolecular Hbond substituents is 2. The lowest BCUT2D eigenvalue weighted by Crippen LogP contribution is -2.84. The summed E-state index contributed by atoms with van der Waals surface area (Å²) in [6, 6.07) is 2.55. The van der Waals surface area contributed by atoms with Crippen LogP contribution in [0.25, 0.3) is 17.1 Å². The number of benzene rings is 1. The molecular weight excluding hydrogens is 372 g/mol. The molecule has 10 heteroatoms. The number of rotatable bonds is 5. The molecule has 144 valence electrons. The van der Waals surface area contributed by atoms with Crippen molar-refractivity contribution in [2.75, 3.05) is 0 Å². The number of carbonyl (C=O) groups is 3. The van der Waals surface area contributed by atoms with Gasteiger partial charge in [-0.25, -0.2) is 19.4 Å². The zero-order valence-corrected chi connectivity index (χ0v) is 14.2. The van der Waals surface area contributed by atoms with E-state index in [1.54, 1.807) is 0 Å². The van der Waals surface area contributed by atoms with Gasteiger partial charge in [-0.3, -0.25) is 0 Å². The Labute approximate surface area is 156 Å². The lowest BCUT2D eigenvalue weighted by molar-refractivity contribution is -0.489. The second kappa shape index (κ2) is 6.91.